The number of nitrogens with zero attached hydrogens (tertiary/aromatic N) is 3. The highest BCUT2D eigenvalue weighted by molar-refractivity contribution is 5.93. The largest absolute Gasteiger partial charge is 0.342 e. The van der Waals surface area contributed by atoms with E-state index in [0.717, 1.165) is 29.8 Å². The maximum atomic E-state index is 12.7. The van der Waals surface area contributed by atoms with Gasteiger partial charge in [0.05, 0.1) is 6.04 Å². The molecular formula is C20H23N5O2. The van der Waals surface area contributed by atoms with Gasteiger partial charge in [-0.1, -0.05) is 37.1 Å². The fraction of sp³-hybridized carbons (Fsp3) is 0.300. The summed E-state index contributed by atoms with van der Waals surface area (Å²) in [6, 6.07) is 7.39. The lowest BCUT2D eigenvalue weighted by molar-refractivity contribution is 0.0930. The Kier molecular flexibility index (Phi) is 5.49. The molecule has 0 fully saturated rings. The normalized spacial score (nSPS) is 12.0. The lowest BCUT2D eigenvalue weighted by atomic mass is 10.1. The number of benzene rings is 1. The van der Waals surface area contributed by atoms with E-state index in [4.69, 9.17) is 0 Å². The number of aryl methyl sites for hydroxylation is 2. The molecule has 1 amide bonds. The van der Waals surface area contributed by atoms with Crippen molar-refractivity contribution >= 4 is 5.91 Å². The van der Waals surface area contributed by atoms with Crippen molar-refractivity contribution in [1.29, 1.82) is 0 Å². The predicted octanol–water partition coefficient (Wildman–Crippen LogP) is 2.75. The molecule has 2 N–H and O–H groups in total. The molecule has 3 rings (SSSR count). The van der Waals surface area contributed by atoms with Gasteiger partial charge in [-0.15, -0.1) is 0 Å². The Hall–Kier alpha value is -3.22. The van der Waals surface area contributed by atoms with Gasteiger partial charge in [0.2, 0.25) is 0 Å². The molecule has 0 saturated heterocycles. The molecule has 1 aromatic carbocycles. The average Bonchev–Trinajstić information content (AvgIpc) is 3.07. The number of amides is 1. The number of carbonyl (C=O) groups is 1. The van der Waals surface area contributed by atoms with E-state index in [-0.39, 0.29) is 11.6 Å². The molecule has 0 aliphatic carbocycles. The Morgan fingerprint density at radius 3 is 2.78 bits per heavy atom. The number of hydrogen-bond donors (Lipinski definition) is 2. The molecule has 1 atom stereocenters. The quantitative estimate of drug-likeness (QED) is 0.702. The first-order valence-electron chi connectivity index (χ1n) is 8.94. The SMILES string of the molecule is CCC[C@H](NC(=O)c1cnc(-c2cccc(C)c2)[nH]c1=O)c1nccn1C. The maximum Gasteiger partial charge on any atom is 0.264 e. The number of hydrogen-bond acceptors (Lipinski definition) is 4. The van der Waals surface area contributed by atoms with Crippen molar-refractivity contribution in [3.63, 3.8) is 0 Å². The van der Waals surface area contributed by atoms with E-state index in [2.05, 4.69) is 20.3 Å². The van der Waals surface area contributed by atoms with Crippen LogP contribution in [0.3, 0.4) is 0 Å². The Morgan fingerprint density at radius 2 is 2.15 bits per heavy atom. The van der Waals surface area contributed by atoms with Crippen molar-refractivity contribution in [2.45, 2.75) is 32.7 Å². The van der Waals surface area contributed by atoms with Crippen LogP contribution in [0.25, 0.3) is 11.4 Å². The van der Waals surface area contributed by atoms with Crippen LogP contribution in [0.15, 0.2) is 47.7 Å². The highest BCUT2D eigenvalue weighted by atomic mass is 16.2. The van der Waals surface area contributed by atoms with Gasteiger partial charge in [0.1, 0.15) is 17.2 Å². The van der Waals surface area contributed by atoms with Gasteiger partial charge in [-0.05, 0) is 19.4 Å². The van der Waals surface area contributed by atoms with Gasteiger partial charge in [0, 0.05) is 31.2 Å². The van der Waals surface area contributed by atoms with Gasteiger partial charge in [-0.3, -0.25) is 9.59 Å². The Labute approximate surface area is 157 Å². The third-order valence-corrected chi connectivity index (χ3v) is 4.39. The second-order valence-electron chi connectivity index (χ2n) is 6.56. The van der Waals surface area contributed by atoms with Gasteiger partial charge in [0.15, 0.2) is 0 Å². The van der Waals surface area contributed by atoms with Crippen LogP contribution in [-0.2, 0) is 7.05 Å². The molecule has 7 heteroatoms. The number of H-pyrrole nitrogens is 1. The molecule has 0 unspecified atom stereocenters. The number of carbonyl (C=O) groups excluding carboxylic acids is 1. The van der Waals surface area contributed by atoms with Crippen molar-refractivity contribution in [1.82, 2.24) is 24.8 Å². The fourth-order valence-corrected chi connectivity index (χ4v) is 3.00. The molecule has 0 aliphatic heterocycles. The summed E-state index contributed by atoms with van der Waals surface area (Å²) in [4.78, 5) is 36.4. The highest BCUT2D eigenvalue weighted by Gasteiger charge is 2.20. The molecule has 27 heavy (non-hydrogen) atoms. The number of aromatic amines is 1. The fourth-order valence-electron chi connectivity index (χ4n) is 3.00. The summed E-state index contributed by atoms with van der Waals surface area (Å²) in [6.45, 7) is 4.00. The van der Waals surface area contributed by atoms with Crippen molar-refractivity contribution < 1.29 is 4.79 Å². The summed E-state index contributed by atoms with van der Waals surface area (Å²) >= 11 is 0. The molecule has 0 spiro atoms. The molecule has 2 heterocycles. The lowest BCUT2D eigenvalue weighted by Gasteiger charge is -2.17. The zero-order valence-electron chi connectivity index (χ0n) is 15.7. The molecule has 2 aromatic heterocycles. The predicted molar refractivity (Wildman–Crippen MR) is 103 cm³/mol. The zero-order chi connectivity index (χ0) is 19.4. The van der Waals surface area contributed by atoms with E-state index in [1.54, 1.807) is 6.20 Å². The monoisotopic (exact) mass is 365 g/mol. The van der Waals surface area contributed by atoms with Gasteiger partial charge in [-0.25, -0.2) is 9.97 Å². The molecular weight excluding hydrogens is 342 g/mol. The van der Waals surface area contributed by atoms with E-state index >= 15 is 0 Å². The van der Waals surface area contributed by atoms with Crippen LogP contribution in [0.5, 0.6) is 0 Å². The minimum atomic E-state index is -0.464. The summed E-state index contributed by atoms with van der Waals surface area (Å²) in [5, 5.41) is 2.90. The first-order chi connectivity index (χ1) is 13.0. The summed E-state index contributed by atoms with van der Waals surface area (Å²) in [5.74, 6) is 0.737. The second-order valence-corrected chi connectivity index (χ2v) is 6.56. The minimum Gasteiger partial charge on any atom is -0.342 e. The van der Waals surface area contributed by atoms with E-state index in [9.17, 15) is 9.59 Å². The number of aromatic nitrogens is 4. The lowest BCUT2D eigenvalue weighted by Crippen LogP contribution is -2.34. The van der Waals surface area contributed by atoms with Crippen LogP contribution < -0.4 is 10.9 Å². The van der Waals surface area contributed by atoms with Gasteiger partial charge < -0.3 is 14.9 Å². The Bertz CT molecular complexity index is 1010. The molecule has 7 nitrogen and oxygen atoms in total. The standard InChI is InChI=1S/C20H23N5O2/c1-4-6-16(18-21-9-10-25(18)3)23-19(26)15-12-22-17(24-20(15)27)14-8-5-7-13(2)11-14/h5,7-12,16H,4,6H2,1-3H3,(H,23,26)(H,22,24,27)/t16-/m0/s1. The summed E-state index contributed by atoms with van der Waals surface area (Å²) < 4.78 is 1.87. The van der Waals surface area contributed by atoms with Crippen LogP contribution in [0, 0.1) is 6.92 Å². The van der Waals surface area contributed by atoms with E-state index in [1.807, 2.05) is 55.9 Å². The summed E-state index contributed by atoms with van der Waals surface area (Å²) in [6.07, 6.45) is 6.44. The first kappa shape index (κ1) is 18.6. The second kappa shape index (κ2) is 7.99. The van der Waals surface area contributed by atoms with Crippen LogP contribution in [0.1, 0.15) is 47.6 Å². The molecule has 0 aliphatic rings. The maximum absolute atomic E-state index is 12.7. The molecule has 0 bridgehead atoms. The van der Waals surface area contributed by atoms with Crippen LogP contribution in [-0.4, -0.2) is 25.4 Å². The van der Waals surface area contributed by atoms with Crippen LogP contribution in [0.2, 0.25) is 0 Å². The van der Waals surface area contributed by atoms with Crippen molar-refractivity contribution in [2.75, 3.05) is 0 Å². The van der Waals surface area contributed by atoms with Crippen LogP contribution in [0.4, 0.5) is 0 Å². The highest BCUT2D eigenvalue weighted by Crippen LogP contribution is 2.17. The van der Waals surface area contributed by atoms with E-state index in [1.165, 1.54) is 6.20 Å². The Morgan fingerprint density at radius 1 is 1.33 bits per heavy atom. The third kappa shape index (κ3) is 4.13. The average molecular weight is 365 g/mol. The summed E-state index contributed by atoms with van der Waals surface area (Å²) in [5.41, 5.74) is 1.39. The molecule has 3 aromatic rings. The topological polar surface area (TPSA) is 92.7 Å². The van der Waals surface area contributed by atoms with Crippen molar-refractivity contribution in [3.8, 4) is 11.4 Å². The number of nitrogens with one attached hydrogen (secondary N) is 2. The molecule has 140 valence electrons. The number of imidazole rings is 1. The van der Waals surface area contributed by atoms with Crippen molar-refractivity contribution in [3.05, 3.63) is 70.2 Å². The smallest absolute Gasteiger partial charge is 0.264 e. The van der Waals surface area contributed by atoms with E-state index < -0.39 is 11.5 Å². The van der Waals surface area contributed by atoms with E-state index in [0.29, 0.717) is 5.82 Å². The van der Waals surface area contributed by atoms with Crippen molar-refractivity contribution in [2.24, 2.45) is 7.05 Å². The molecule has 0 saturated carbocycles. The summed E-state index contributed by atoms with van der Waals surface area (Å²) in [7, 11) is 1.88. The first-order valence-corrected chi connectivity index (χ1v) is 8.94. The zero-order valence-corrected chi connectivity index (χ0v) is 15.7. The van der Waals surface area contributed by atoms with Gasteiger partial charge in [-0.2, -0.15) is 0 Å². The van der Waals surface area contributed by atoms with Crippen LogP contribution >= 0.6 is 0 Å². The van der Waals surface area contributed by atoms with Gasteiger partial charge in [0.25, 0.3) is 11.5 Å². The van der Waals surface area contributed by atoms with Gasteiger partial charge >= 0.3 is 0 Å². The Balaban J connectivity index is 1.84. The number of rotatable bonds is 6. The third-order valence-electron chi connectivity index (χ3n) is 4.39. The molecule has 0 radical (unpaired) electrons. The minimum absolute atomic E-state index is 0.0123.